The van der Waals surface area contributed by atoms with Gasteiger partial charge in [-0.3, -0.25) is 0 Å². The third-order valence-electron chi connectivity index (χ3n) is 2.81. The van der Waals surface area contributed by atoms with Gasteiger partial charge in [0.1, 0.15) is 11.4 Å². The van der Waals surface area contributed by atoms with Crippen molar-refractivity contribution in [1.82, 2.24) is 0 Å². The van der Waals surface area contributed by atoms with Gasteiger partial charge in [0.2, 0.25) is 0 Å². The zero-order valence-electron chi connectivity index (χ0n) is 10.0. The maximum atomic E-state index is 13.7. The molecule has 1 aliphatic carbocycles. The normalized spacial score (nSPS) is 22.4. The van der Waals surface area contributed by atoms with E-state index in [9.17, 15) is 9.30 Å². The van der Waals surface area contributed by atoms with Crippen LogP contribution in [0.4, 0.5) is 4.39 Å². The van der Waals surface area contributed by atoms with Gasteiger partial charge in [0.05, 0.1) is 0 Å². The molecule has 2 atom stereocenters. The number of nitroso groups, excluding NO2 is 1. The fraction of sp³-hybridized carbons (Fsp3) is 0.286. The van der Waals surface area contributed by atoms with E-state index in [0.717, 1.165) is 12.5 Å². The van der Waals surface area contributed by atoms with Crippen LogP contribution in [0, 0.1) is 4.91 Å². The van der Waals surface area contributed by atoms with E-state index in [4.69, 9.17) is 4.74 Å². The fourth-order valence-corrected chi connectivity index (χ4v) is 1.74. The lowest BCUT2D eigenvalue weighted by atomic mass is 10.1. The Balaban J connectivity index is 2.04. The highest BCUT2D eigenvalue weighted by molar-refractivity contribution is 5.31. The molecule has 94 valence electrons. The molecular formula is C14H14FNO2. The van der Waals surface area contributed by atoms with Crippen LogP contribution in [0.1, 0.15) is 12.5 Å². The highest BCUT2D eigenvalue weighted by atomic mass is 19.1. The van der Waals surface area contributed by atoms with Crippen molar-refractivity contribution in [1.29, 1.82) is 0 Å². The van der Waals surface area contributed by atoms with Crippen molar-refractivity contribution in [3.05, 3.63) is 58.7 Å². The van der Waals surface area contributed by atoms with Gasteiger partial charge in [-0.05, 0) is 47.5 Å². The summed E-state index contributed by atoms with van der Waals surface area (Å²) >= 11 is 0. The van der Waals surface area contributed by atoms with Crippen molar-refractivity contribution < 1.29 is 9.13 Å². The second-order valence-corrected chi connectivity index (χ2v) is 4.07. The first-order chi connectivity index (χ1) is 8.72. The monoisotopic (exact) mass is 247 g/mol. The molecule has 0 saturated heterocycles. The smallest absolute Gasteiger partial charge is 0.161 e. The predicted octanol–water partition coefficient (Wildman–Crippen LogP) is 3.55. The highest BCUT2D eigenvalue weighted by Crippen LogP contribution is 2.21. The van der Waals surface area contributed by atoms with Crippen molar-refractivity contribution >= 4 is 0 Å². The number of alkyl halides is 1. The number of aryl methyl sites for hydroxylation is 1. The van der Waals surface area contributed by atoms with E-state index >= 15 is 0 Å². The molecule has 0 saturated carbocycles. The molecule has 0 radical (unpaired) electrons. The number of halogens is 1. The molecule has 1 aromatic rings. The quantitative estimate of drug-likeness (QED) is 0.763. The number of rotatable bonds is 4. The molecule has 1 aliphatic rings. The van der Waals surface area contributed by atoms with Gasteiger partial charge in [0.15, 0.2) is 12.3 Å². The summed E-state index contributed by atoms with van der Waals surface area (Å²) in [5, 5.41) is 2.69. The number of ether oxygens (including phenoxy) is 1. The van der Waals surface area contributed by atoms with Crippen LogP contribution in [-0.4, -0.2) is 12.3 Å². The van der Waals surface area contributed by atoms with E-state index in [1.807, 2.05) is 24.3 Å². The van der Waals surface area contributed by atoms with Crippen molar-refractivity contribution in [3.63, 3.8) is 0 Å². The number of benzene rings is 1. The summed E-state index contributed by atoms with van der Waals surface area (Å²) < 4.78 is 19.2. The van der Waals surface area contributed by atoms with E-state index in [-0.39, 0.29) is 5.70 Å². The van der Waals surface area contributed by atoms with Crippen molar-refractivity contribution in [2.24, 2.45) is 5.18 Å². The van der Waals surface area contributed by atoms with Crippen LogP contribution in [-0.2, 0) is 6.42 Å². The predicted molar refractivity (Wildman–Crippen MR) is 68.2 cm³/mol. The molecule has 18 heavy (non-hydrogen) atoms. The number of hydrogen-bond acceptors (Lipinski definition) is 3. The van der Waals surface area contributed by atoms with Crippen LogP contribution < -0.4 is 4.74 Å². The molecule has 3 nitrogen and oxygen atoms in total. The molecule has 0 N–H and O–H groups in total. The first-order valence-electron chi connectivity index (χ1n) is 5.86. The second kappa shape index (κ2) is 5.58. The molecule has 2 rings (SSSR count). The van der Waals surface area contributed by atoms with Gasteiger partial charge in [-0.15, -0.1) is 4.91 Å². The van der Waals surface area contributed by atoms with Crippen molar-refractivity contribution in [2.45, 2.75) is 25.6 Å². The summed E-state index contributed by atoms with van der Waals surface area (Å²) in [6.45, 7) is 2.07. The maximum absolute atomic E-state index is 13.7. The minimum absolute atomic E-state index is 0.101. The average molecular weight is 247 g/mol. The number of nitrogens with zero attached hydrogens (tertiary/aromatic N) is 1. The molecule has 1 aromatic carbocycles. The van der Waals surface area contributed by atoms with Crippen molar-refractivity contribution in [3.8, 4) is 5.75 Å². The average Bonchev–Trinajstić information content (AvgIpc) is 2.42. The largest absolute Gasteiger partial charge is 0.483 e. The van der Waals surface area contributed by atoms with E-state index in [1.54, 1.807) is 0 Å². The van der Waals surface area contributed by atoms with E-state index in [0.29, 0.717) is 5.75 Å². The molecular weight excluding hydrogens is 233 g/mol. The number of allylic oxidation sites excluding steroid dienone is 1. The standard InChI is InChI=1S/C14H14FNO2/c1-2-10-3-6-12(7-4-10)18-14-8-5-11(16-17)9-13(14)15/h3-9,13-14H,2H2,1H3. The summed E-state index contributed by atoms with van der Waals surface area (Å²) in [6.07, 6.45) is 3.03. The molecule has 0 aliphatic heterocycles. The first-order valence-corrected chi connectivity index (χ1v) is 5.86. The zero-order valence-corrected chi connectivity index (χ0v) is 10.0. The zero-order chi connectivity index (χ0) is 13.0. The molecule has 0 aromatic heterocycles. The Morgan fingerprint density at radius 3 is 2.61 bits per heavy atom. The van der Waals surface area contributed by atoms with Gasteiger partial charge >= 0.3 is 0 Å². The van der Waals surface area contributed by atoms with Crippen LogP contribution in [0.2, 0.25) is 0 Å². The van der Waals surface area contributed by atoms with Crippen LogP contribution in [0.5, 0.6) is 5.75 Å². The summed E-state index contributed by atoms with van der Waals surface area (Å²) in [6, 6.07) is 7.53. The Kier molecular flexibility index (Phi) is 3.87. The Bertz CT molecular complexity index is 479. The summed E-state index contributed by atoms with van der Waals surface area (Å²) in [7, 11) is 0. The van der Waals surface area contributed by atoms with Crippen LogP contribution in [0.15, 0.2) is 53.4 Å². The second-order valence-electron chi connectivity index (χ2n) is 4.07. The lowest BCUT2D eigenvalue weighted by Crippen LogP contribution is -2.27. The summed E-state index contributed by atoms with van der Waals surface area (Å²) in [4.78, 5) is 10.3. The minimum Gasteiger partial charge on any atom is -0.483 e. The Labute approximate surface area is 105 Å². The third-order valence-corrected chi connectivity index (χ3v) is 2.81. The molecule has 0 fully saturated rings. The molecule has 4 heteroatoms. The van der Waals surface area contributed by atoms with E-state index < -0.39 is 12.3 Å². The van der Waals surface area contributed by atoms with Gasteiger partial charge in [-0.2, -0.15) is 0 Å². The number of hydrogen-bond donors (Lipinski definition) is 0. The summed E-state index contributed by atoms with van der Waals surface area (Å²) in [5.74, 6) is 0.611. The van der Waals surface area contributed by atoms with Gasteiger partial charge < -0.3 is 4.74 Å². The lowest BCUT2D eigenvalue weighted by Gasteiger charge is -2.20. The molecule has 0 amide bonds. The van der Waals surface area contributed by atoms with E-state index in [1.165, 1.54) is 17.7 Å². The van der Waals surface area contributed by atoms with Gasteiger partial charge in [0, 0.05) is 0 Å². The molecule has 0 bridgehead atoms. The first kappa shape index (κ1) is 12.5. The van der Waals surface area contributed by atoms with Crippen LogP contribution in [0.3, 0.4) is 0 Å². The van der Waals surface area contributed by atoms with Crippen LogP contribution in [0.25, 0.3) is 0 Å². The van der Waals surface area contributed by atoms with Gasteiger partial charge in [-0.25, -0.2) is 4.39 Å². The van der Waals surface area contributed by atoms with Gasteiger partial charge in [-0.1, -0.05) is 19.1 Å². The fourth-order valence-electron chi connectivity index (χ4n) is 1.74. The third kappa shape index (κ3) is 2.83. The lowest BCUT2D eigenvalue weighted by molar-refractivity contribution is 0.163. The van der Waals surface area contributed by atoms with Gasteiger partial charge in [0.25, 0.3) is 0 Å². The molecule has 0 spiro atoms. The Hall–Kier alpha value is -1.97. The minimum atomic E-state index is -1.35. The Morgan fingerprint density at radius 1 is 1.33 bits per heavy atom. The summed E-state index contributed by atoms with van der Waals surface area (Å²) in [5.41, 5.74) is 1.30. The van der Waals surface area contributed by atoms with E-state index in [2.05, 4.69) is 12.1 Å². The highest BCUT2D eigenvalue weighted by Gasteiger charge is 2.22. The Morgan fingerprint density at radius 2 is 2.06 bits per heavy atom. The van der Waals surface area contributed by atoms with Crippen LogP contribution >= 0.6 is 0 Å². The topological polar surface area (TPSA) is 38.7 Å². The van der Waals surface area contributed by atoms with Crippen molar-refractivity contribution in [2.75, 3.05) is 0 Å². The molecule has 0 heterocycles. The molecule has 2 unspecified atom stereocenters. The maximum Gasteiger partial charge on any atom is 0.161 e. The SMILES string of the molecule is CCc1ccc(OC2C=CC(N=O)=CC2F)cc1.